The van der Waals surface area contributed by atoms with Gasteiger partial charge in [0.25, 0.3) is 0 Å². The lowest BCUT2D eigenvalue weighted by atomic mass is 10.2. The summed E-state index contributed by atoms with van der Waals surface area (Å²) in [6, 6.07) is 13.0. The lowest BCUT2D eigenvalue weighted by molar-refractivity contribution is 0.618. The molecule has 0 saturated heterocycles. The van der Waals surface area contributed by atoms with Crippen molar-refractivity contribution < 1.29 is 4.39 Å². The molecular weight excluding hydrogens is 269 g/mol. The summed E-state index contributed by atoms with van der Waals surface area (Å²) >= 11 is 7.31. The molecular formula is C14H13ClFNS. The lowest BCUT2D eigenvalue weighted by Gasteiger charge is -2.05. The Bertz CT molecular complexity index is 528. The van der Waals surface area contributed by atoms with Gasteiger partial charge in [-0.25, -0.2) is 4.39 Å². The zero-order chi connectivity index (χ0) is 13.0. The molecule has 0 spiro atoms. The Morgan fingerprint density at radius 3 is 2.50 bits per heavy atom. The molecule has 0 aliphatic carbocycles. The number of benzene rings is 2. The minimum Gasteiger partial charge on any atom is -0.326 e. The smallest absolute Gasteiger partial charge is 0.145 e. The second-order valence-electron chi connectivity index (χ2n) is 3.85. The summed E-state index contributed by atoms with van der Waals surface area (Å²) in [5.41, 5.74) is 7.24. The highest BCUT2D eigenvalue weighted by atomic mass is 35.5. The van der Waals surface area contributed by atoms with Crippen LogP contribution in [0, 0.1) is 5.82 Å². The molecule has 4 heteroatoms. The molecule has 0 amide bonds. The monoisotopic (exact) mass is 281 g/mol. The molecule has 2 aromatic carbocycles. The fourth-order valence-electron chi connectivity index (χ4n) is 1.54. The van der Waals surface area contributed by atoms with Crippen LogP contribution in [0.25, 0.3) is 0 Å². The van der Waals surface area contributed by atoms with Crippen molar-refractivity contribution >= 4 is 23.4 Å². The molecule has 2 aromatic rings. The third-order valence-electron chi connectivity index (χ3n) is 2.58. The van der Waals surface area contributed by atoms with E-state index < -0.39 is 0 Å². The van der Waals surface area contributed by atoms with Crippen molar-refractivity contribution in [3.8, 4) is 0 Å². The lowest BCUT2D eigenvalue weighted by Crippen LogP contribution is -1.95. The number of halogens is 2. The fourth-order valence-corrected chi connectivity index (χ4v) is 2.61. The maximum atomic E-state index is 13.7. The van der Waals surface area contributed by atoms with Gasteiger partial charge in [-0.3, -0.25) is 0 Å². The van der Waals surface area contributed by atoms with Crippen LogP contribution in [0.3, 0.4) is 0 Å². The number of nitrogens with two attached hydrogens (primary N) is 1. The topological polar surface area (TPSA) is 26.0 Å². The second kappa shape index (κ2) is 6.23. The van der Waals surface area contributed by atoms with Gasteiger partial charge in [0.1, 0.15) is 5.82 Å². The van der Waals surface area contributed by atoms with Crippen molar-refractivity contribution in [2.24, 2.45) is 5.73 Å². The van der Waals surface area contributed by atoms with Crippen LogP contribution in [0.5, 0.6) is 0 Å². The highest BCUT2D eigenvalue weighted by Crippen LogP contribution is 2.26. The molecule has 0 atom stereocenters. The second-order valence-corrected chi connectivity index (χ2v) is 5.31. The van der Waals surface area contributed by atoms with E-state index in [1.807, 2.05) is 24.3 Å². The van der Waals surface area contributed by atoms with Crippen LogP contribution >= 0.6 is 23.4 Å². The summed E-state index contributed by atoms with van der Waals surface area (Å²) in [4.78, 5) is 1.09. The molecule has 0 saturated carbocycles. The number of hydrogen-bond acceptors (Lipinski definition) is 2. The van der Waals surface area contributed by atoms with Crippen LogP contribution in [-0.4, -0.2) is 0 Å². The minimum atomic E-state index is -0.328. The highest BCUT2D eigenvalue weighted by molar-refractivity contribution is 7.98. The van der Waals surface area contributed by atoms with E-state index in [-0.39, 0.29) is 10.8 Å². The van der Waals surface area contributed by atoms with Gasteiger partial charge >= 0.3 is 0 Å². The molecule has 0 aromatic heterocycles. The Morgan fingerprint density at radius 2 is 1.83 bits per heavy atom. The van der Waals surface area contributed by atoms with Crippen LogP contribution in [-0.2, 0) is 12.3 Å². The van der Waals surface area contributed by atoms with Gasteiger partial charge in [-0.2, -0.15) is 0 Å². The van der Waals surface area contributed by atoms with Crippen LogP contribution in [0.2, 0.25) is 5.02 Å². The molecule has 0 aliphatic heterocycles. The number of rotatable bonds is 4. The SMILES string of the molecule is NCc1ccc(SCc2cccc(Cl)c2F)cc1. The maximum absolute atomic E-state index is 13.7. The van der Waals surface area contributed by atoms with Crippen molar-refractivity contribution in [2.45, 2.75) is 17.2 Å². The maximum Gasteiger partial charge on any atom is 0.145 e. The van der Waals surface area contributed by atoms with Gasteiger partial charge in [0, 0.05) is 17.2 Å². The van der Waals surface area contributed by atoms with E-state index in [2.05, 4.69) is 0 Å². The predicted octanol–water partition coefficient (Wildman–Crippen LogP) is 4.23. The van der Waals surface area contributed by atoms with Crippen LogP contribution < -0.4 is 5.73 Å². The Hall–Kier alpha value is -1.03. The first-order valence-electron chi connectivity index (χ1n) is 5.55. The molecule has 0 fully saturated rings. The van der Waals surface area contributed by atoms with Gasteiger partial charge in [0.2, 0.25) is 0 Å². The van der Waals surface area contributed by atoms with Gasteiger partial charge in [-0.05, 0) is 29.3 Å². The molecule has 0 radical (unpaired) electrons. The molecule has 0 unspecified atom stereocenters. The average Bonchev–Trinajstić information content (AvgIpc) is 2.41. The first-order valence-corrected chi connectivity index (χ1v) is 6.92. The van der Waals surface area contributed by atoms with Gasteiger partial charge in [-0.15, -0.1) is 11.8 Å². The summed E-state index contributed by atoms with van der Waals surface area (Å²) in [6.45, 7) is 0.536. The van der Waals surface area contributed by atoms with Crippen molar-refractivity contribution in [1.82, 2.24) is 0 Å². The van der Waals surface area contributed by atoms with Crippen molar-refractivity contribution in [3.63, 3.8) is 0 Å². The Balaban J connectivity index is 2.04. The largest absolute Gasteiger partial charge is 0.326 e. The Labute approximate surface area is 115 Å². The third kappa shape index (κ3) is 3.25. The highest BCUT2D eigenvalue weighted by Gasteiger charge is 2.06. The van der Waals surface area contributed by atoms with E-state index in [1.165, 1.54) is 0 Å². The zero-order valence-electron chi connectivity index (χ0n) is 9.70. The van der Waals surface area contributed by atoms with Gasteiger partial charge < -0.3 is 5.73 Å². The molecule has 0 heterocycles. The fraction of sp³-hybridized carbons (Fsp3) is 0.143. The summed E-state index contributed by atoms with van der Waals surface area (Å²) in [5, 5.41) is 0.173. The van der Waals surface area contributed by atoms with Crippen molar-refractivity contribution in [3.05, 3.63) is 64.4 Å². The molecule has 1 nitrogen and oxygen atoms in total. The standard InChI is InChI=1S/C14H13ClFNS/c15-13-3-1-2-11(14(13)16)9-18-12-6-4-10(8-17)5-7-12/h1-7H,8-9,17H2. The molecule has 2 N–H and O–H groups in total. The first kappa shape index (κ1) is 13.4. The minimum absolute atomic E-state index is 0.173. The van der Waals surface area contributed by atoms with E-state index in [1.54, 1.807) is 30.0 Å². The van der Waals surface area contributed by atoms with E-state index in [9.17, 15) is 4.39 Å². The third-order valence-corrected chi connectivity index (χ3v) is 3.94. The molecule has 0 aliphatic rings. The van der Waals surface area contributed by atoms with Crippen molar-refractivity contribution in [1.29, 1.82) is 0 Å². The van der Waals surface area contributed by atoms with Gasteiger partial charge in [0.05, 0.1) is 5.02 Å². The first-order chi connectivity index (χ1) is 8.70. The normalized spacial score (nSPS) is 10.6. The molecule has 18 heavy (non-hydrogen) atoms. The van der Waals surface area contributed by atoms with Crippen LogP contribution in [0.4, 0.5) is 4.39 Å². The number of hydrogen-bond donors (Lipinski definition) is 1. The average molecular weight is 282 g/mol. The number of thioether (sulfide) groups is 1. The van der Waals surface area contributed by atoms with Gasteiger partial charge in [-0.1, -0.05) is 35.9 Å². The Morgan fingerprint density at radius 1 is 1.11 bits per heavy atom. The van der Waals surface area contributed by atoms with E-state index in [0.717, 1.165) is 10.5 Å². The zero-order valence-corrected chi connectivity index (χ0v) is 11.3. The van der Waals surface area contributed by atoms with E-state index in [4.69, 9.17) is 17.3 Å². The summed E-state index contributed by atoms with van der Waals surface area (Å²) in [6.07, 6.45) is 0. The van der Waals surface area contributed by atoms with E-state index >= 15 is 0 Å². The van der Waals surface area contributed by atoms with Crippen LogP contribution in [0.1, 0.15) is 11.1 Å². The quantitative estimate of drug-likeness (QED) is 0.849. The van der Waals surface area contributed by atoms with Crippen LogP contribution in [0.15, 0.2) is 47.4 Å². The van der Waals surface area contributed by atoms with E-state index in [0.29, 0.717) is 17.9 Å². The van der Waals surface area contributed by atoms with Crippen molar-refractivity contribution in [2.75, 3.05) is 0 Å². The molecule has 94 valence electrons. The Kier molecular flexibility index (Phi) is 4.64. The predicted molar refractivity (Wildman–Crippen MR) is 75.3 cm³/mol. The summed E-state index contributed by atoms with van der Waals surface area (Å²) < 4.78 is 13.7. The summed E-state index contributed by atoms with van der Waals surface area (Å²) in [5.74, 6) is 0.235. The summed E-state index contributed by atoms with van der Waals surface area (Å²) in [7, 11) is 0. The van der Waals surface area contributed by atoms with Gasteiger partial charge in [0.15, 0.2) is 0 Å². The molecule has 0 bridgehead atoms. The molecule has 2 rings (SSSR count).